The Morgan fingerprint density at radius 1 is 0.966 bits per heavy atom. The first kappa shape index (κ1) is 21.9. The van der Waals surface area contributed by atoms with Crippen molar-refractivity contribution in [3.8, 4) is 0 Å². The van der Waals surface area contributed by atoms with E-state index in [1.54, 1.807) is 0 Å². The van der Waals surface area contributed by atoms with E-state index >= 15 is 0 Å². The number of benzene rings is 1. The summed E-state index contributed by atoms with van der Waals surface area (Å²) < 4.78 is 2.48. The van der Waals surface area contributed by atoms with Crippen molar-refractivity contribution in [2.45, 2.75) is 45.9 Å². The van der Waals surface area contributed by atoms with Gasteiger partial charge in [-0.15, -0.1) is 13.2 Å². The Bertz CT molecular complexity index is 1030. The molecule has 8 heteroatoms. The van der Waals surface area contributed by atoms with Gasteiger partial charge in [-0.3, -0.25) is 4.79 Å². The number of hydrogen-bond acceptors (Lipinski definition) is 4. The molecule has 0 radical (unpaired) electrons. The van der Waals surface area contributed by atoms with Gasteiger partial charge in [0.1, 0.15) is 6.54 Å². The first-order valence-corrected chi connectivity index (χ1v) is 9.36. The molecule has 0 unspecified atom stereocenters. The summed E-state index contributed by atoms with van der Waals surface area (Å²) in [5, 5.41) is 2.85. The lowest BCUT2D eigenvalue weighted by molar-refractivity contribution is -0.122. The first-order chi connectivity index (χ1) is 13.8. The van der Waals surface area contributed by atoms with Crippen LogP contribution in [0.2, 0.25) is 0 Å². The summed E-state index contributed by atoms with van der Waals surface area (Å²) in [5.74, 6) is -0.495. The standard InChI is InChI=1S/C21H26N4O4/c1-5-12-23-19(27)24(13-6-2)21(29)25(20(23)28)14-18(26)22-17(7-3)16-10-8-15(4)9-11-16/h5-6,8-11,17H,1-2,7,12-14H2,3-4H3,(H,22,26)/t17-/m0/s1. The second-order valence-electron chi connectivity index (χ2n) is 6.67. The van der Waals surface area contributed by atoms with Crippen LogP contribution in [-0.2, 0) is 24.4 Å². The molecular weight excluding hydrogens is 372 g/mol. The van der Waals surface area contributed by atoms with Gasteiger partial charge in [-0.05, 0) is 18.9 Å². The Labute approximate surface area is 168 Å². The van der Waals surface area contributed by atoms with Gasteiger partial charge in [0.25, 0.3) is 0 Å². The van der Waals surface area contributed by atoms with Gasteiger partial charge in [-0.1, -0.05) is 48.9 Å². The lowest BCUT2D eigenvalue weighted by Crippen LogP contribution is -2.55. The number of carbonyl (C=O) groups excluding carboxylic acids is 1. The minimum absolute atomic E-state index is 0.0718. The van der Waals surface area contributed by atoms with Crippen LogP contribution in [0.1, 0.15) is 30.5 Å². The highest BCUT2D eigenvalue weighted by Gasteiger charge is 2.18. The maximum atomic E-state index is 12.6. The van der Waals surface area contributed by atoms with Crippen molar-refractivity contribution in [2.24, 2.45) is 0 Å². The molecule has 1 N–H and O–H groups in total. The Morgan fingerprint density at radius 3 is 1.90 bits per heavy atom. The highest BCUT2D eigenvalue weighted by Crippen LogP contribution is 2.16. The van der Waals surface area contributed by atoms with Crippen molar-refractivity contribution >= 4 is 5.91 Å². The first-order valence-electron chi connectivity index (χ1n) is 9.36. The van der Waals surface area contributed by atoms with Gasteiger partial charge in [-0.2, -0.15) is 0 Å². The molecule has 0 saturated carbocycles. The Balaban J connectivity index is 2.38. The molecule has 0 aliphatic heterocycles. The smallest absolute Gasteiger partial charge is 0.337 e. The van der Waals surface area contributed by atoms with Gasteiger partial charge in [0.05, 0.1) is 19.1 Å². The molecule has 0 aliphatic carbocycles. The predicted molar refractivity (Wildman–Crippen MR) is 112 cm³/mol. The maximum Gasteiger partial charge on any atom is 0.337 e. The van der Waals surface area contributed by atoms with Crippen LogP contribution in [0.25, 0.3) is 0 Å². The number of rotatable bonds is 9. The predicted octanol–water partition coefficient (Wildman–Crippen LogP) is 1.12. The summed E-state index contributed by atoms with van der Waals surface area (Å²) in [6.07, 6.45) is 3.39. The summed E-state index contributed by atoms with van der Waals surface area (Å²) in [6.45, 7) is 10.3. The normalized spacial score (nSPS) is 11.7. The van der Waals surface area contributed by atoms with E-state index in [2.05, 4.69) is 18.5 Å². The fraction of sp³-hybridized carbons (Fsp3) is 0.333. The number of allylic oxidation sites excluding steroid dienone is 2. The maximum absolute atomic E-state index is 12.6. The van der Waals surface area contributed by atoms with Gasteiger partial charge in [0.2, 0.25) is 5.91 Å². The van der Waals surface area contributed by atoms with Gasteiger partial charge >= 0.3 is 17.1 Å². The van der Waals surface area contributed by atoms with E-state index in [9.17, 15) is 19.2 Å². The highest BCUT2D eigenvalue weighted by atomic mass is 16.2. The zero-order valence-corrected chi connectivity index (χ0v) is 16.8. The van der Waals surface area contributed by atoms with Crippen molar-refractivity contribution in [1.82, 2.24) is 19.0 Å². The Kier molecular flexibility index (Phi) is 7.30. The second-order valence-corrected chi connectivity index (χ2v) is 6.67. The van der Waals surface area contributed by atoms with E-state index in [1.165, 1.54) is 12.2 Å². The van der Waals surface area contributed by atoms with Crippen LogP contribution in [0.15, 0.2) is 64.0 Å². The molecule has 1 amide bonds. The number of nitrogens with one attached hydrogen (secondary N) is 1. The Morgan fingerprint density at radius 2 is 1.45 bits per heavy atom. The van der Waals surface area contributed by atoms with Crippen molar-refractivity contribution in [3.63, 3.8) is 0 Å². The largest absolute Gasteiger partial charge is 0.348 e. The monoisotopic (exact) mass is 398 g/mol. The summed E-state index contributed by atoms with van der Waals surface area (Å²) >= 11 is 0. The van der Waals surface area contributed by atoms with Gasteiger partial charge in [0.15, 0.2) is 0 Å². The lowest BCUT2D eigenvalue weighted by atomic mass is 10.0. The number of amides is 1. The SMILES string of the molecule is C=CCn1c(=O)n(CC=C)c(=O)n(CC(=O)N[C@@H](CC)c2ccc(C)cc2)c1=O. The molecule has 1 atom stereocenters. The number of carbonyl (C=O) groups is 1. The molecule has 0 fully saturated rings. The molecule has 0 aliphatic rings. The van der Waals surface area contributed by atoms with Crippen molar-refractivity contribution in [1.29, 1.82) is 0 Å². The molecule has 29 heavy (non-hydrogen) atoms. The average molecular weight is 398 g/mol. The summed E-state index contributed by atoms with van der Waals surface area (Å²) in [6, 6.07) is 7.50. The topological polar surface area (TPSA) is 95.1 Å². The fourth-order valence-corrected chi connectivity index (χ4v) is 2.99. The van der Waals surface area contributed by atoms with Gasteiger partial charge in [0, 0.05) is 0 Å². The minimum atomic E-state index is -0.848. The van der Waals surface area contributed by atoms with Crippen LogP contribution in [0.4, 0.5) is 0 Å². The molecule has 1 aromatic carbocycles. The van der Waals surface area contributed by atoms with E-state index in [-0.39, 0.29) is 19.1 Å². The molecule has 2 rings (SSSR count). The van der Waals surface area contributed by atoms with E-state index < -0.39 is 29.5 Å². The number of aryl methyl sites for hydroxylation is 1. The molecule has 1 heterocycles. The Hall–Kier alpha value is -3.42. The van der Waals surface area contributed by atoms with Gasteiger partial charge < -0.3 is 5.32 Å². The van der Waals surface area contributed by atoms with Crippen molar-refractivity contribution in [2.75, 3.05) is 0 Å². The zero-order valence-electron chi connectivity index (χ0n) is 16.8. The van der Waals surface area contributed by atoms with Crippen LogP contribution in [0.3, 0.4) is 0 Å². The minimum Gasteiger partial charge on any atom is -0.348 e. The quantitative estimate of drug-likeness (QED) is 0.641. The number of aromatic nitrogens is 3. The molecule has 154 valence electrons. The highest BCUT2D eigenvalue weighted by molar-refractivity contribution is 5.76. The third-order valence-corrected chi connectivity index (χ3v) is 4.53. The van der Waals surface area contributed by atoms with Crippen molar-refractivity contribution in [3.05, 3.63) is 92.2 Å². The second kappa shape index (κ2) is 9.68. The van der Waals surface area contributed by atoms with Crippen LogP contribution in [0, 0.1) is 6.92 Å². The fourth-order valence-electron chi connectivity index (χ4n) is 2.99. The van der Waals surface area contributed by atoms with Crippen LogP contribution in [0.5, 0.6) is 0 Å². The molecule has 2 aromatic rings. The average Bonchev–Trinajstić information content (AvgIpc) is 2.70. The number of hydrogen-bond donors (Lipinski definition) is 1. The van der Waals surface area contributed by atoms with Crippen LogP contribution < -0.4 is 22.4 Å². The van der Waals surface area contributed by atoms with Gasteiger partial charge in [-0.25, -0.2) is 28.1 Å². The van der Waals surface area contributed by atoms with E-state index in [0.717, 1.165) is 24.8 Å². The lowest BCUT2D eigenvalue weighted by Gasteiger charge is -2.18. The van der Waals surface area contributed by atoms with E-state index in [0.29, 0.717) is 6.42 Å². The summed E-state index contributed by atoms with van der Waals surface area (Å²) in [7, 11) is 0. The molecule has 8 nitrogen and oxygen atoms in total. The molecule has 1 aromatic heterocycles. The van der Waals surface area contributed by atoms with Crippen LogP contribution in [-0.4, -0.2) is 19.6 Å². The summed E-state index contributed by atoms with van der Waals surface area (Å²) in [4.78, 5) is 50.2. The number of nitrogens with zero attached hydrogens (tertiary/aromatic N) is 3. The third kappa shape index (κ3) is 4.90. The van der Waals surface area contributed by atoms with E-state index in [1.807, 2.05) is 38.1 Å². The summed E-state index contributed by atoms with van der Waals surface area (Å²) in [5.41, 5.74) is -0.423. The van der Waals surface area contributed by atoms with Crippen LogP contribution >= 0.6 is 0 Å². The molecule has 0 spiro atoms. The molecule has 0 bridgehead atoms. The van der Waals surface area contributed by atoms with E-state index in [4.69, 9.17) is 0 Å². The third-order valence-electron chi connectivity index (χ3n) is 4.53. The molecular formula is C21H26N4O4. The zero-order chi connectivity index (χ0) is 21.6. The van der Waals surface area contributed by atoms with Crippen molar-refractivity contribution < 1.29 is 4.79 Å². The molecule has 0 saturated heterocycles.